The molecule has 0 radical (unpaired) electrons. The molecule has 3 heterocycles. The Morgan fingerprint density at radius 1 is 0.864 bits per heavy atom. The Bertz CT molecular complexity index is 1990. The average Bonchev–Trinajstić information content (AvgIpc) is 3.17. The summed E-state index contributed by atoms with van der Waals surface area (Å²) in [5.74, 6) is -5.90. The number of aliphatic hydroxyl groups is 2. The van der Waals surface area contributed by atoms with E-state index in [1.165, 1.54) is 6.07 Å². The summed E-state index contributed by atoms with van der Waals surface area (Å²) in [5, 5.41) is 56.5. The number of Topliss-reactive ketones (excluding diaryl/α,β-unsaturated/α-hetero) is 1. The van der Waals surface area contributed by atoms with Gasteiger partial charge in [-0.25, -0.2) is 0 Å². The summed E-state index contributed by atoms with van der Waals surface area (Å²) < 4.78 is 42.6. The zero-order valence-electron chi connectivity index (χ0n) is 34.1. The molecule has 0 aromatic heterocycles. The molecular weight excluding hydrogens is 774 g/mol. The van der Waals surface area contributed by atoms with E-state index < -0.39 is 125 Å². The Morgan fingerprint density at radius 3 is 2.07 bits per heavy atom. The number of benzene rings is 2. The Hall–Kier alpha value is -4.04. The van der Waals surface area contributed by atoms with Crippen molar-refractivity contribution in [1.29, 1.82) is 0 Å². The average molecular weight is 828 g/mol. The topological polar surface area (TPSA) is 237 Å². The maximum atomic E-state index is 14.0. The number of esters is 1. The van der Waals surface area contributed by atoms with Crippen LogP contribution >= 0.6 is 0 Å². The molecule has 13 atom stereocenters. The van der Waals surface area contributed by atoms with Gasteiger partial charge in [-0.1, -0.05) is 6.92 Å². The number of likely N-dealkylation sites (N-methyl/N-ethyl adjacent to an activating group) is 1. The van der Waals surface area contributed by atoms with Crippen molar-refractivity contribution in [1.82, 2.24) is 4.90 Å². The molecule has 59 heavy (non-hydrogen) atoms. The molecule has 17 heteroatoms. The van der Waals surface area contributed by atoms with Gasteiger partial charge in [-0.05, 0) is 65.0 Å². The van der Waals surface area contributed by atoms with Crippen LogP contribution in [0.2, 0.25) is 0 Å². The van der Waals surface area contributed by atoms with Crippen LogP contribution in [0.1, 0.15) is 121 Å². The van der Waals surface area contributed by atoms with Crippen LogP contribution in [0.3, 0.4) is 0 Å². The van der Waals surface area contributed by atoms with Crippen molar-refractivity contribution in [2.24, 2.45) is 0 Å². The van der Waals surface area contributed by atoms with Crippen molar-refractivity contribution in [3.8, 4) is 17.2 Å². The first-order valence-electron chi connectivity index (χ1n) is 20.0. The molecule has 0 saturated carbocycles. The number of phenols is 3. The van der Waals surface area contributed by atoms with Crippen LogP contribution in [0.25, 0.3) is 0 Å². The standard InChI is InChI=1S/C42H53NO16/c1-8-42(52)16-27(31-20(35(42)41(51)53-7)13-21-32(37(31)49)38(50)34-25(46)10-9-24(45)33(34)36(21)48)57-29-14-22(43(5)6)39(18(3)55-29)59-30-15-26(47)40(19(4)56-30)58-28-12-11-23(44)17(2)54-28/h9-10,13,17-19,22,26-30,35,39-40,45-47,49,52H,8,11-12,14-16H2,1-7H3/t17-,18-,19-,22+,26+,27?,28-,29-,30+,35?,39+,40-,42?/m1/s1. The fraction of sp³-hybridized carbons (Fsp3) is 0.619. The molecule has 0 spiro atoms. The van der Waals surface area contributed by atoms with Crippen molar-refractivity contribution < 1.29 is 77.9 Å². The van der Waals surface area contributed by atoms with Crippen LogP contribution in [0.15, 0.2) is 18.2 Å². The minimum atomic E-state index is -1.81. The zero-order valence-corrected chi connectivity index (χ0v) is 34.1. The van der Waals surface area contributed by atoms with Crippen LogP contribution < -0.4 is 0 Å². The van der Waals surface area contributed by atoms with Gasteiger partial charge in [0.1, 0.15) is 41.5 Å². The van der Waals surface area contributed by atoms with E-state index >= 15 is 0 Å². The van der Waals surface area contributed by atoms with Crippen LogP contribution in [0.5, 0.6) is 17.2 Å². The number of nitrogens with zero attached hydrogens (tertiary/aromatic N) is 1. The van der Waals surface area contributed by atoms with Crippen molar-refractivity contribution in [2.45, 2.75) is 145 Å². The first kappa shape index (κ1) is 43.1. The number of methoxy groups -OCH3 is 1. The summed E-state index contributed by atoms with van der Waals surface area (Å²) in [7, 11) is 4.85. The highest BCUT2D eigenvalue weighted by Gasteiger charge is 2.54. The van der Waals surface area contributed by atoms with Crippen LogP contribution in [0, 0.1) is 0 Å². The highest BCUT2D eigenvalue weighted by atomic mass is 16.7. The molecule has 7 rings (SSSR count). The van der Waals surface area contributed by atoms with Gasteiger partial charge in [0.15, 0.2) is 30.4 Å². The highest BCUT2D eigenvalue weighted by molar-refractivity contribution is 6.31. The molecule has 2 aromatic carbocycles. The summed E-state index contributed by atoms with van der Waals surface area (Å²) in [4.78, 5) is 55.1. The van der Waals surface area contributed by atoms with Crippen LogP contribution in [0.4, 0.5) is 0 Å². The number of hydrogen-bond acceptors (Lipinski definition) is 17. The number of aromatic hydroxyl groups is 3. The lowest BCUT2D eigenvalue weighted by atomic mass is 9.67. The Kier molecular flexibility index (Phi) is 12.0. The molecule has 0 amide bonds. The molecule has 2 aliphatic carbocycles. The smallest absolute Gasteiger partial charge is 0.316 e. The normalized spacial score (nSPS) is 35.9. The van der Waals surface area contributed by atoms with E-state index in [0.29, 0.717) is 12.8 Å². The number of carbonyl (C=O) groups excluding carboxylic acids is 4. The Balaban J connectivity index is 1.14. The second-order valence-electron chi connectivity index (χ2n) is 16.4. The first-order chi connectivity index (χ1) is 27.9. The number of ether oxygens (including phenoxy) is 7. The zero-order chi connectivity index (χ0) is 42.8. The molecule has 17 nitrogen and oxygen atoms in total. The first-order valence-corrected chi connectivity index (χ1v) is 20.0. The number of aliphatic hydroxyl groups excluding tert-OH is 1. The van der Waals surface area contributed by atoms with Crippen molar-refractivity contribution in [3.63, 3.8) is 0 Å². The van der Waals surface area contributed by atoms with E-state index in [1.807, 2.05) is 19.0 Å². The van der Waals surface area contributed by atoms with Gasteiger partial charge in [0.2, 0.25) is 5.78 Å². The summed E-state index contributed by atoms with van der Waals surface area (Å²) in [5.41, 5.74) is -3.58. The number of fused-ring (bicyclic) bond motifs is 3. The summed E-state index contributed by atoms with van der Waals surface area (Å²) >= 11 is 0. The van der Waals surface area contributed by atoms with Crippen molar-refractivity contribution in [3.05, 3.63) is 51.6 Å². The van der Waals surface area contributed by atoms with E-state index in [9.17, 15) is 44.7 Å². The van der Waals surface area contributed by atoms with Crippen molar-refractivity contribution >= 4 is 23.3 Å². The van der Waals surface area contributed by atoms with Crippen LogP contribution in [-0.4, -0.2) is 142 Å². The van der Waals surface area contributed by atoms with Gasteiger partial charge >= 0.3 is 5.97 Å². The SMILES string of the molecule is CCC1(O)CC(O[C@@H]2C[C@H](N(C)C)[C@@H](O[C@H]3C[C@H](O)[C@H](O[C@@H]4CCC(=O)[C@@H](C)O4)[C@@H](C)O3)[C@@H](C)O2)c2c(cc3c(c2O)C(=O)c2c(O)ccc(O)c2C3=O)C1C(=O)OC. The lowest BCUT2D eigenvalue weighted by Crippen LogP contribution is -2.58. The highest BCUT2D eigenvalue weighted by Crippen LogP contribution is 2.54. The fourth-order valence-electron chi connectivity index (χ4n) is 9.33. The Morgan fingerprint density at radius 2 is 1.47 bits per heavy atom. The van der Waals surface area contributed by atoms with E-state index in [2.05, 4.69) is 0 Å². The predicted octanol–water partition coefficient (Wildman–Crippen LogP) is 2.86. The van der Waals surface area contributed by atoms with Gasteiger partial charge < -0.3 is 63.6 Å². The molecule has 5 aliphatic rings. The molecule has 5 N–H and O–H groups in total. The molecule has 2 aromatic rings. The number of phenolic OH excluding ortho intramolecular Hbond substituents is 3. The second-order valence-corrected chi connectivity index (χ2v) is 16.4. The van der Waals surface area contributed by atoms with Crippen LogP contribution in [-0.2, 0) is 42.7 Å². The number of hydrogen-bond donors (Lipinski definition) is 5. The molecule has 3 saturated heterocycles. The van der Waals surface area contributed by atoms with E-state index in [4.69, 9.17) is 33.2 Å². The van der Waals surface area contributed by atoms with Gasteiger partial charge in [-0.3, -0.25) is 19.2 Å². The monoisotopic (exact) mass is 827 g/mol. The summed E-state index contributed by atoms with van der Waals surface area (Å²) in [6, 6.07) is 3.01. The third-order valence-electron chi connectivity index (χ3n) is 12.5. The number of carbonyl (C=O) groups is 4. The quantitative estimate of drug-likeness (QED) is 0.154. The molecule has 3 aliphatic heterocycles. The Labute approximate surface area is 341 Å². The molecule has 3 unspecified atom stereocenters. The van der Waals surface area contributed by atoms with Gasteiger partial charge in [0, 0.05) is 49.3 Å². The van der Waals surface area contributed by atoms with E-state index in [-0.39, 0.29) is 54.2 Å². The minimum absolute atomic E-state index is 0.00116. The third-order valence-corrected chi connectivity index (χ3v) is 12.5. The van der Waals surface area contributed by atoms with E-state index in [1.54, 1.807) is 27.7 Å². The van der Waals surface area contributed by atoms with Crippen molar-refractivity contribution in [2.75, 3.05) is 21.2 Å². The van der Waals surface area contributed by atoms with Gasteiger partial charge in [-0.2, -0.15) is 0 Å². The lowest BCUT2D eigenvalue weighted by molar-refractivity contribution is -0.324. The fourth-order valence-corrected chi connectivity index (χ4v) is 9.33. The predicted molar refractivity (Wildman–Crippen MR) is 203 cm³/mol. The number of ketones is 3. The second kappa shape index (κ2) is 16.4. The molecule has 3 fully saturated rings. The molecule has 322 valence electrons. The van der Waals surface area contributed by atoms with Gasteiger partial charge in [-0.15, -0.1) is 0 Å². The van der Waals surface area contributed by atoms with Gasteiger partial charge in [0.25, 0.3) is 0 Å². The summed E-state index contributed by atoms with van der Waals surface area (Å²) in [6.45, 7) is 6.89. The van der Waals surface area contributed by atoms with E-state index in [0.717, 1.165) is 19.2 Å². The molecule has 0 bridgehead atoms. The summed E-state index contributed by atoms with van der Waals surface area (Å²) in [6.07, 6.45) is -6.99. The maximum Gasteiger partial charge on any atom is 0.316 e. The number of rotatable bonds is 9. The third kappa shape index (κ3) is 7.65. The van der Waals surface area contributed by atoms with Gasteiger partial charge in [0.05, 0.1) is 53.8 Å². The molecular formula is C42H53NO16. The minimum Gasteiger partial charge on any atom is -0.507 e. The lowest BCUT2D eigenvalue weighted by Gasteiger charge is -2.48. The maximum absolute atomic E-state index is 14.0. The largest absolute Gasteiger partial charge is 0.507 e.